The van der Waals surface area contributed by atoms with Gasteiger partial charge in [0.25, 0.3) is 0 Å². The van der Waals surface area contributed by atoms with Crippen LogP contribution in [-0.4, -0.2) is 4.57 Å². The van der Waals surface area contributed by atoms with E-state index in [2.05, 4.69) is 240 Å². The molecule has 0 saturated heterocycles. The lowest BCUT2D eigenvalue weighted by Crippen LogP contribution is -2.10. The molecule has 0 bridgehead atoms. The average Bonchev–Trinajstić information content (AvgIpc) is 3.64. The van der Waals surface area contributed by atoms with E-state index in [0.717, 1.165) is 33.8 Å². The molecule has 0 radical (unpaired) electrons. The number of para-hydroxylation sites is 2. The minimum Gasteiger partial charge on any atom is -0.310 e. The van der Waals surface area contributed by atoms with Gasteiger partial charge in [-0.2, -0.15) is 0 Å². The van der Waals surface area contributed by atoms with Crippen LogP contribution >= 0.6 is 0 Å². The molecule has 0 unspecified atom stereocenters. The predicted octanol–water partition coefficient (Wildman–Crippen LogP) is 15.6. The van der Waals surface area contributed by atoms with E-state index in [-0.39, 0.29) is 0 Å². The molecule has 0 N–H and O–H groups in total. The highest BCUT2D eigenvalue weighted by atomic mass is 15.1. The molecule has 1 aromatic heterocycles. The first-order chi connectivity index (χ1) is 28.8. The fourth-order valence-electron chi connectivity index (χ4n) is 8.94. The number of benzene rings is 10. The molecule has 2 heteroatoms. The highest BCUT2D eigenvalue weighted by molar-refractivity contribution is 6.17. The fourth-order valence-corrected chi connectivity index (χ4v) is 8.94. The van der Waals surface area contributed by atoms with Crippen molar-refractivity contribution in [1.29, 1.82) is 0 Å². The highest BCUT2D eigenvalue weighted by Gasteiger charge is 2.23. The Balaban J connectivity index is 1.18. The number of aromatic nitrogens is 1. The van der Waals surface area contributed by atoms with E-state index in [1.54, 1.807) is 0 Å². The maximum absolute atomic E-state index is 2.49. The Morgan fingerprint density at radius 2 is 0.828 bits per heavy atom. The first-order valence-electron chi connectivity index (χ1n) is 19.9. The Hall–Kier alpha value is -7.68. The van der Waals surface area contributed by atoms with E-state index >= 15 is 0 Å². The maximum Gasteiger partial charge on any atom is 0.0562 e. The van der Waals surface area contributed by atoms with Gasteiger partial charge in [0, 0.05) is 27.7 Å². The standard InChI is InChI=1S/C56H38N2/c1-3-16-39(17-4-1)40-32-35-45(36-33-40)57(44-22-5-2-6-23-44)54-30-15-31-55-56(54)50-26-11-12-29-52(50)58(55)53-37-34-43(48-27-13-20-41-18-7-9-24-46(41)48)38-51(53)49-28-14-21-42-19-8-10-25-47(42)49/h1-38H. The third-order valence-corrected chi connectivity index (χ3v) is 11.6. The molecule has 58 heavy (non-hydrogen) atoms. The number of hydrogen-bond donors (Lipinski definition) is 0. The van der Waals surface area contributed by atoms with Gasteiger partial charge in [-0.3, -0.25) is 0 Å². The highest BCUT2D eigenvalue weighted by Crippen LogP contribution is 2.46. The molecule has 272 valence electrons. The average molecular weight is 739 g/mol. The zero-order valence-electron chi connectivity index (χ0n) is 31.8. The third-order valence-electron chi connectivity index (χ3n) is 11.6. The van der Waals surface area contributed by atoms with Gasteiger partial charge < -0.3 is 9.47 Å². The van der Waals surface area contributed by atoms with Crippen LogP contribution < -0.4 is 4.90 Å². The summed E-state index contributed by atoms with van der Waals surface area (Å²) in [6.07, 6.45) is 0. The van der Waals surface area contributed by atoms with E-state index in [9.17, 15) is 0 Å². The monoisotopic (exact) mass is 738 g/mol. The summed E-state index contributed by atoms with van der Waals surface area (Å²) in [7, 11) is 0. The van der Waals surface area contributed by atoms with Crippen molar-refractivity contribution in [3.63, 3.8) is 0 Å². The lowest BCUT2D eigenvalue weighted by Gasteiger charge is -2.27. The van der Waals surface area contributed by atoms with Crippen molar-refractivity contribution < 1.29 is 0 Å². The van der Waals surface area contributed by atoms with Gasteiger partial charge >= 0.3 is 0 Å². The van der Waals surface area contributed by atoms with Gasteiger partial charge in [-0.1, -0.05) is 176 Å². The normalized spacial score (nSPS) is 11.4. The van der Waals surface area contributed by atoms with Gasteiger partial charge in [-0.05, 0) is 104 Å². The summed E-state index contributed by atoms with van der Waals surface area (Å²) in [6.45, 7) is 0. The summed E-state index contributed by atoms with van der Waals surface area (Å²) in [5.74, 6) is 0. The molecule has 0 amide bonds. The van der Waals surface area contributed by atoms with Crippen molar-refractivity contribution >= 4 is 60.4 Å². The largest absolute Gasteiger partial charge is 0.310 e. The molecule has 0 aliphatic rings. The van der Waals surface area contributed by atoms with Crippen LogP contribution in [-0.2, 0) is 0 Å². The molecule has 11 rings (SSSR count). The lowest BCUT2D eigenvalue weighted by atomic mass is 9.92. The number of fused-ring (bicyclic) bond motifs is 5. The molecular weight excluding hydrogens is 701 g/mol. The minimum atomic E-state index is 1.10. The van der Waals surface area contributed by atoms with Crippen molar-refractivity contribution in [3.05, 3.63) is 231 Å². The summed E-state index contributed by atoms with van der Waals surface area (Å²) >= 11 is 0. The van der Waals surface area contributed by atoms with Gasteiger partial charge in [0.05, 0.1) is 22.4 Å². The van der Waals surface area contributed by atoms with E-state index in [1.807, 2.05) is 0 Å². The molecule has 0 aliphatic carbocycles. The second-order valence-electron chi connectivity index (χ2n) is 14.9. The Morgan fingerprint density at radius 3 is 1.57 bits per heavy atom. The molecule has 11 aromatic rings. The van der Waals surface area contributed by atoms with Crippen LogP contribution in [0.1, 0.15) is 0 Å². The molecule has 10 aromatic carbocycles. The Bertz CT molecular complexity index is 3260. The van der Waals surface area contributed by atoms with Crippen molar-refractivity contribution in [1.82, 2.24) is 4.57 Å². The Labute approximate surface area is 338 Å². The first-order valence-corrected chi connectivity index (χ1v) is 19.9. The second kappa shape index (κ2) is 14.1. The fraction of sp³-hybridized carbons (Fsp3) is 0. The van der Waals surface area contributed by atoms with E-state index in [4.69, 9.17) is 0 Å². The number of hydrogen-bond acceptors (Lipinski definition) is 1. The van der Waals surface area contributed by atoms with Crippen molar-refractivity contribution in [2.75, 3.05) is 4.90 Å². The number of anilines is 3. The van der Waals surface area contributed by atoms with E-state index in [1.165, 1.54) is 65.7 Å². The molecule has 0 atom stereocenters. The maximum atomic E-state index is 2.49. The lowest BCUT2D eigenvalue weighted by molar-refractivity contribution is 1.18. The minimum absolute atomic E-state index is 1.10. The van der Waals surface area contributed by atoms with E-state index < -0.39 is 0 Å². The summed E-state index contributed by atoms with van der Waals surface area (Å²) in [4.78, 5) is 2.41. The smallest absolute Gasteiger partial charge is 0.0562 e. The molecule has 0 fully saturated rings. The van der Waals surface area contributed by atoms with Crippen LogP contribution in [0, 0.1) is 0 Å². The first kappa shape index (κ1) is 33.6. The molecular formula is C56H38N2. The van der Waals surface area contributed by atoms with Crippen LogP contribution in [0.25, 0.3) is 82.4 Å². The molecule has 0 spiro atoms. The van der Waals surface area contributed by atoms with Crippen LogP contribution in [0.2, 0.25) is 0 Å². The van der Waals surface area contributed by atoms with Gasteiger partial charge in [-0.25, -0.2) is 0 Å². The zero-order valence-corrected chi connectivity index (χ0v) is 31.8. The molecule has 0 saturated carbocycles. The van der Waals surface area contributed by atoms with Crippen molar-refractivity contribution in [2.45, 2.75) is 0 Å². The van der Waals surface area contributed by atoms with Crippen molar-refractivity contribution in [3.8, 4) is 39.1 Å². The van der Waals surface area contributed by atoms with Gasteiger partial charge in [0.2, 0.25) is 0 Å². The summed E-state index contributed by atoms with van der Waals surface area (Å²) in [5.41, 5.74) is 14.0. The summed E-state index contributed by atoms with van der Waals surface area (Å²) in [5, 5.41) is 7.36. The van der Waals surface area contributed by atoms with Crippen LogP contribution in [0.4, 0.5) is 17.1 Å². The number of rotatable bonds is 7. The van der Waals surface area contributed by atoms with Gasteiger partial charge in [0.15, 0.2) is 0 Å². The third kappa shape index (κ3) is 5.66. The van der Waals surface area contributed by atoms with Gasteiger partial charge in [-0.15, -0.1) is 0 Å². The van der Waals surface area contributed by atoms with Crippen molar-refractivity contribution in [2.24, 2.45) is 0 Å². The Morgan fingerprint density at radius 1 is 0.310 bits per heavy atom. The van der Waals surface area contributed by atoms with Crippen LogP contribution in [0.3, 0.4) is 0 Å². The Kier molecular flexibility index (Phi) is 8.19. The molecule has 0 aliphatic heterocycles. The van der Waals surface area contributed by atoms with Crippen LogP contribution in [0.5, 0.6) is 0 Å². The molecule has 1 heterocycles. The predicted molar refractivity (Wildman–Crippen MR) is 247 cm³/mol. The quantitative estimate of drug-likeness (QED) is 0.158. The van der Waals surface area contributed by atoms with E-state index in [0.29, 0.717) is 0 Å². The topological polar surface area (TPSA) is 8.17 Å². The van der Waals surface area contributed by atoms with Crippen LogP contribution in [0.15, 0.2) is 231 Å². The second-order valence-corrected chi connectivity index (χ2v) is 14.9. The molecule has 2 nitrogen and oxygen atoms in total. The van der Waals surface area contributed by atoms with Gasteiger partial charge in [0.1, 0.15) is 0 Å². The number of nitrogens with zero attached hydrogens (tertiary/aromatic N) is 2. The summed E-state index contributed by atoms with van der Waals surface area (Å²) < 4.78 is 2.49. The summed E-state index contributed by atoms with van der Waals surface area (Å²) in [6, 6.07) is 83.7. The SMILES string of the molecule is c1ccc(-c2ccc(N(c3ccccc3)c3cccc4c3c3ccccc3n4-c3ccc(-c4cccc5ccccc45)cc3-c3cccc4ccccc34)cc2)cc1. The zero-order chi connectivity index (χ0) is 38.4.